The zero-order valence-electron chi connectivity index (χ0n) is 10.4. The van der Waals surface area contributed by atoms with Crippen molar-refractivity contribution in [3.63, 3.8) is 0 Å². The van der Waals surface area contributed by atoms with Gasteiger partial charge in [0, 0.05) is 25.5 Å². The van der Waals surface area contributed by atoms with Crippen molar-refractivity contribution in [1.29, 1.82) is 0 Å². The molecule has 4 heteroatoms. The Morgan fingerprint density at radius 1 is 1.50 bits per heavy atom. The molecule has 1 heterocycles. The van der Waals surface area contributed by atoms with Crippen LogP contribution < -0.4 is 0 Å². The van der Waals surface area contributed by atoms with Crippen molar-refractivity contribution in [2.24, 2.45) is 13.0 Å². The lowest BCUT2D eigenvalue weighted by molar-refractivity contribution is -0.118. The predicted octanol–water partition coefficient (Wildman–Crippen LogP) is 2.93. The zero-order chi connectivity index (χ0) is 12.3. The average molecular weight is 243 g/mol. The largest absolute Gasteiger partial charge is 0.299 e. The van der Waals surface area contributed by atoms with E-state index in [1.54, 1.807) is 11.7 Å². The number of nitrogens with zero attached hydrogens (tertiary/aromatic N) is 2. The van der Waals surface area contributed by atoms with Gasteiger partial charge >= 0.3 is 0 Å². The van der Waals surface area contributed by atoms with Crippen LogP contribution in [0.2, 0.25) is 5.15 Å². The van der Waals surface area contributed by atoms with Crippen LogP contribution in [0.1, 0.15) is 37.9 Å². The number of Topliss-reactive ketones (excluding diaryl/α,β-unsaturated/α-hetero) is 1. The van der Waals surface area contributed by atoms with Crippen LogP contribution in [0.25, 0.3) is 0 Å². The molecule has 0 N–H and O–H groups in total. The molecule has 1 aromatic rings. The van der Waals surface area contributed by atoms with Gasteiger partial charge in [-0.3, -0.25) is 9.48 Å². The molecule has 90 valence electrons. The van der Waals surface area contributed by atoms with Crippen molar-refractivity contribution >= 4 is 17.4 Å². The summed E-state index contributed by atoms with van der Waals surface area (Å²) < 4.78 is 1.61. The van der Waals surface area contributed by atoms with Crippen molar-refractivity contribution in [3.05, 3.63) is 16.4 Å². The lowest BCUT2D eigenvalue weighted by atomic mass is 10.0. The van der Waals surface area contributed by atoms with E-state index < -0.39 is 0 Å². The molecule has 0 aliphatic carbocycles. The van der Waals surface area contributed by atoms with Gasteiger partial charge in [-0.15, -0.1) is 0 Å². The molecule has 0 spiro atoms. The summed E-state index contributed by atoms with van der Waals surface area (Å²) >= 11 is 6.07. The van der Waals surface area contributed by atoms with Crippen molar-refractivity contribution in [2.75, 3.05) is 0 Å². The molecule has 0 atom stereocenters. The lowest BCUT2D eigenvalue weighted by Gasteiger charge is -2.03. The summed E-state index contributed by atoms with van der Waals surface area (Å²) in [6, 6.07) is 0. The fourth-order valence-corrected chi connectivity index (χ4v) is 1.85. The van der Waals surface area contributed by atoms with Gasteiger partial charge in [0.1, 0.15) is 10.9 Å². The van der Waals surface area contributed by atoms with Crippen LogP contribution in [-0.2, 0) is 18.3 Å². The molecular formula is C12H19ClN2O. The molecule has 0 saturated heterocycles. The van der Waals surface area contributed by atoms with Crippen LogP contribution in [0.4, 0.5) is 0 Å². The van der Waals surface area contributed by atoms with Gasteiger partial charge in [0.15, 0.2) is 0 Å². The Labute approximate surface area is 102 Å². The SMILES string of the molecule is Cc1nn(C)c(Cl)c1CC(=O)CCC(C)C. The first-order chi connectivity index (χ1) is 7.41. The number of hydrogen-bond acceptors (Lipinski definition) is 2. The third-order valence-electron chi connectivity index (χ3n) is 2.64. The van der Waals surface area contributed by atoms with Crippen molar-refractivity contribution < 1.29 is 4.79 Å². The minimum atomic E-state index is 0.242. The third kappa shape index (κ3) is 3.34. The van der Waals surface area contributed by atoms with E-state index in [1.807, 2.05) is 6.92 Å². The Bertz CT molecular complexity index is 383. The van der Waals surface area contributed by atoms with E-state index in [-0.39, 0.29) is 5.78 Å². The smallest absolute Gasteiger partial charge is 0.137 e. The Kier molecular flexibility index (Phi) is 4.54. The first-order valence-corrected chi connectivity index (χ1v) is 5.99. The highest BCUT2D eigenvalue weighted by atomic mass is 35.5. The zero-order valence-corrected chi connectivity index (χ0v) is 11.1. The maximum Gasteiger partial charge on any atom is 0.137 e. The molecule has 1 rings (SSSR count). The summed E-state index contributed by atoms with van der Waals surface area (Å²) in [6.45, 7) is 6.13. The van der Waals surface area contributed by atoms with E-state index in [4.69, 9.17) is 11.6 Å². The highest BCUT2D eigenvalue weighted by molar-refractivity contribution is 6.30. The van der Waals surface area contributed by atoms with E-state index in [9.17, 15) is 4.79 Å². The topological polar surface area (TPSA) is 34.9 Å². The van der Waals surface area contributed by atoms with Crippen LogP contribution >= 0.6 is 11.6 Å². The number of hydrogen-bond donors (Lipinski definition) is 0. The molecule has 0 amide bonds. The van der Waals surface area contributed by atoms with Gasteiger partial charge in [-0.05, 0) is 19.3 Å². The fraction of sp³-hybridized carbons (Fsp3) is 0.667. The standard InChI is InChI=1S/C12H19ClN2O/c1-8(2)5-6-10(16)7-11-9(3)14-15(4)12(11)13/h8H,5-7H2,1-4H3. The highest BCUT2D eigenvalue weighted by Crippen LogP contribution is 2.20. The van der Waals surface area contributed by atoms with Gasteiger partial charge in [-0.1, -0.05) is 25.4 Å². The number of halogens is 1. The molecule has 1 aromatic heterocycles. The second-order valence-electron chi connectivity index (χ2n) is 4.63. The molecule has 0 aliphatic rings. The number of aryl methyl sites for hydroxylation is 2. The van der Waals surface area contributed by atoms with E-state index in [0.29, 0.717) is 23.9 Å². The first kappa shape index (κ1) is 13.2. The fourth-order valence-electron chi connectivity index (χ4n) is 1.61. The van der Waals surface area contributed by atoms with Crippen LogP contribution in [0, 0.1) is 12.8 Å². The van der Waals surface area contributed by atoms with Gasteiger partial charge in [0.25, 0.3) is 0 Å². The molecule has 0 unspecified atom stereocenters. The minimum absolute atomic E-state index is 0.242. The normalized spacial score (nSPS) is 11.1. The molecule has 0 fully saturated rings. The van der Waals surface area contributed by atoms with Gasteiger partial charge in [-0.2, -0.15) is 5.10 Å². The molecular weight excluding hydrogens is 224 g/mol. The summed E-state index contributed by atoms with van der Waals surface area (Å²) in [5.41, 5.74) is 1.73. The summed E-state index contributed by atoms with van der Waals surface area (Å²) in [5, 5.41) is 4.77. The Morgan fingerprint density at radius 2 is 2.12 bits per heavy atom. The molecule has 0 saturated carbocycles. The summed E-state index contributed by atoms with van der Waals surface area (Å²) in [4.78, 5) is 11.7. The number of ketones is 1. The molecule has 0 aliphatic heterocycles. The minimum Gasteiger partial charge on any atom is -0.299 e. The molecule has 3 nitrogen and oxygen atoms in total. The van der Waals surface area contributed by atoms with Crippen LogP contribution in [0.3, 0.4) is 0 Å². The molecule has 0 aromatic carbocycles. The Morgan fingerprint density at radius 3 is 2.56 bits per heavy atom. The van der Waals surface area contributed by atoms with Crippen molar-refractivity contribution in [1.82, 2.24) is 9.78 Å². The summed E-state index contributed by atoms with van der Waals surface area (Å²) in [6.07, 6.45) is 1.98. The first-order valence-electron chi connectivity index (χ1n) is 5.61. The van der Waals surface area contributed by atoms with E-state index in [2.05, 4.69) is 18.9 Å². The van der Waals surface area contributed by atoms with Crippen LogP contribution in [-0.4, -0.2) is 15.6 Å². The highest BCUT2D eigenvalue weighted by Gasteiger charge is 2.14. The number of rotatable bonds is 5. The van der Waals surface area contributed by atoms with Gasteiger partial charge < -0.3 is 0 Å². The van der Waals surface area contributed by atoms with E-state index in [1.165, 1.54) is 0 Å². The van der Waals surface area contributed by atoms with Gasteiger partial charge in [-0.25, -0.2) is 0 Å². The van der Waals surface area contributed by atoms with Gasteiger partial charge in [0.05, 0.1) is 5.69 Å². The quantitative estimate of drug-likeness (QED) is 0.796. The lowest BCUT2D eigenvalue weighted by Crippen LogP contribution is -2.05. The number of carbonyl (C=O) groups excluding carboxylic acids is 1. The Balaban J connectivity index is 2.63. The Hall–Kier alpha value is -0.830. The number of carbonyl (C=O) groups is 1. The number of aromatic nitrogens is 2. The van der Waals surface area contributed by atoms with Gasteiger partial charge in [0.2, 0.25) is 0 Å². The molecule has 0 bridgehead atoms. The third-order valence-corrected chi connectivity index (χ3v) is 3.12. The second-order valence-corrected chi connectivity index (χ2v) is 4.98. The maximum absolute atomic E-state index is 11.7. The van der Waals surface area contributed by atoms with E-state index >= 15 is 0 Å². The monoisotopic (exact) mass is 242 g/mol. The second kappa shape index (κ2) is 5.48. The summed E-state index contributed by atoms with van der Waals surface area (Å²) in [7, 11) is 1.79. The average Bonchev–Trinajstić information content (AvgIpc) is 2.42. The van der Waals surface area contributed by atoms with Crippen LogP contribution in [0.15, 0.2) is 0 Å². The van der Waals surface area contributed by atoms with Crippen LogP contribution in [0.5, 0.6) is 0 Å². The van der Waals surface area contributed by atoms with E-state index in [0.717, 1.165) is 17.7 Å². The summed E-state index contributed by atoms with van der Waals surface area (Å²) in [5.74, 6) is 0.807. The van der Waals surface area contributed by atoms with Crippen molar-refractivity contribution in [2.45, 2.75) is 40.0 Å². The molecule has 0 radical (unpaired) electrons. The van der Waals surface area contributed by atoms with Crippen molar-refractivity contribution in [3.8, 4) is 0 Å². The predicted molar refractivity (Wildman–Crippen MR) is 65.7 cm³/mol. The maximum atomic E-state index is 11.7. The molecule has 16 heavy (non-hydrogen) atoms.